The van der Waals surface area contributed by atoms with Crippen LogP contribution in [0.25, 0.3) is 0 Å². The number of ether oxygens (including phenoxy) is 2. The summed E-state index contributed by atoms with van der Waals surface area (Å²) in [6.07, 6.45) is 5.04. The Morgan fingerprint density at radius 2 is 1.85 bits per heavy atom. The number of likely N-dealkylation sites (N-methyl/N-ethyl adjacent to an activating group) is 1. The normalized spacial score (nSPS) is 14.8. The van der Waals surface area contributed by atoms with E-state index in [9.17, 15) is 24.0 Å². The van der Waals surface area contributed by atoms with Gasteiger partial charge in [0.15, 0.2) is 0 Å². The number of carbonyl (C=O) groups excluding carboxylic acids is 5. The highest BCUT2D eigenvalue weighted by Gasteiger charge is 2.28. The summed E-state index contributed by atoms with van der Waals surface area (Å²) in [5, 5.41) is 8.39. The van der Waals surface area contributed by atoms with Crippen molar-refractivity contribution in [3.8, 4) is 0 Å². The lowest BCUT2D eigenvalue weighted by Gasteiger charge is -2.27. The van der Waals surface area contributed by atoms with E-state index in [4.69, 9.17) is 21.1 Å². The number of amides is 4. The number of alkyl carbamates (subject to hydrolysis) is 2. The zero-order chi connectivity index (χ0) is 29.3. The molecule has 2 atom stereocenters. The minimum absolute atomic E-state index is 0.00788. The molecule has 0 unspecified atom stereocenters. The van der Waals surface area contributed by atoms with Crippen LogP contribution in [-0.2, 0) is 30.5 Å². The van der Waals surface area contributed by atoms with Crippen LogP contribution >= 0.6 is 11.6 Å². The van der Waals surface area contributed by atoms with E-state index < -0.39 is 30.2 Å². The van der Waals surface area contributed by atoms with Crippen LogP contribution in [0.15, 0.2) is 24.3 Å². The van der Waals surface area contributed by atoms with Crippen LogP contribution in [0.2, 0.25) is 5.02 Å². The lowest BCUT2D eigenvalue weighted by Crippen LogP contribution is -2.51. The fourth-order valence-electron chi connectivity index (χ4n) is 4.51. The smallest absolute Gasteiger partial charge is 0.408 e. The Labute approximate surface area is 240 Å². The number of nitrogens with zero attached hydrogens (tertiary/aromatic N) is 1. The first kappa shape index (κ1) is 32.9. The first-order valence-electron chi connectivity index (χ1n) is 13.8. The van der Waals surface area contributed by atoms with Crippen molar-refractivity contribution in [2.45, 2.75) is 77.0 Å². The molecule has 1 aromatic rings. The number of rotatable bonds is 15. The number of nitrogens with one attached hydrogen (secondary N) is 3. The SMILES string of the molecule is CCOC(=O)NCCN(C)C(=O)CC[C@H](C=O)NC(=O)[C@@H](CC1CCCCC1)NC(=O)OCc1cccc(Cl)c1. The third-order valence-corrected chi connectivity index (χ3v) is 6.98. The standard InChI is InChI=1S/C28H41ClN4O7/c1-3-39-27(37)30-14-15-33(2)25(35)13-12-23(18-34)31-26(36)24(17-20-8-5-4-6-9-20)32-28(38)40-19-21-10-7-11-22(29)16-21/h7,10-11,16,18,20,23-24H,3-6,8-9,12-15,17,19H2,1-2H3,(H,30,37)(H,31,36)(H,32,38)/t23-,24-/m1/s1. The number of carbonyl (C=O) groups is 5. The van der Waals surface area contributed by atoms with Crippen LogP contribution in [0, 0.1) is 5.92 Å². The molecule has 0 spiro atoms. The molecule has 0 aliphatic heterocycles. The van der Waals surface area contributed by atoms with Crippen LogP contribution in [0.3, 0.4) is 0 Å². The van der Waals surface area contributed by atoms with Gasteiger partial charge in [-0.05, 0) is 43.4 Å². The maximum atomic E-state index is 13.2. The summed E-state index contributed by atoms with van der Waals surface area (Å²) in [5.74, 6) is -0.471. The van der Waals surface area contributed by atoms with Gasteiger partial charge in [0.2, 0.25) is 11.8 Å². The van der Waals surface area contributed by atoms with Gasteiger partial charge >= 0.3 is 12.2 Å². The predicted molar refractivity (Wildman–Crippen MR) is 150 cm³/mol. The molecular formula is C28H41ClN4O7. The van der Waals surface area contributed by atoms with Gasteiger partial charge in [-0.1, -0.05) is 55.8 Å². The molecule has 0 aromatic heterocycles. The molecular weight excluding hydrogens is 540 g/mol. The third-order valence-electron chi connectivity index (χ3n) is 6.74. The van der Waals surface area contributed by atoms with E-state index in [0.29, 0.717) is 23.3 Å². The summed E-state index contributed by atoms with van der Waals surface area (Å²) in [7, 11) is 1.59. The summed E-state index contributed by atoms with van der Waals surface area (Å²) in [6, 6.07) is 5.14. The molecule has 1 aliphatic carbocycles. The second-order valence-corrected chi connectivity index (χ2v) is 10.3. The van der Waals surface area contributed by atoms with Crippen molar-refractivity contribution in [2.75, 3.05) is 26.7 Å². The Hall–Kier alpha value is -3.34. The Kier molecular flexibility index (Phi) is 14.9. The van der Waals surface area contributed by atoms with E-state index in [1.54, 1.807) is 38.2 Å². The third kappa shape index (κ3) is 12.7. The summed E-state index contributed by atoms with van der Waals surface area (Å²) in [4.78, 5) is 62.7. The molecule has 3 N–H and O–H groups in total. The van der Waals surface area contributed by atoms with Crippen LogP contribution in [0.4, 0.5) is 9.59 Å². The van der Waals surface area contributed by atoms with Crippen molar-refractivity contribution in [2.24, 2.45) is 5.92 Å². The van der Waals surface area contributed by atoms with Gasteiger partial charge in [0.05, 0.1) is 12.6 Å². The Balaban J connectivity index is 1.89. The summed E-state index contributed by atoms with van der Waals surface area (Å²) < 4.78 is 10.1. The van der Waals surface area contributed by atoms with Gasteiger partial charge in [-0.2, -0.15) is 0 Å². The lowest BCUT2D eigenvalue weighted by atomic mass is 9.84. The van der Waals surface area contributed by atoms with Gasteiger partial charge in [0.1, 0.15) is 18.9 Å². The van der Waals surface area contributed by atoms with Crippen molar-refractivity contribution >= 4 is 41.9 Å². The fourth-order valence-corrected chi connectivity index (χ4v) is 4.72. The van der Waals surface area contributed by atoms with Crippen molar-refractivity contribution in [1.82, 2.24) is 20.9 Å². The Morgan fingerprint density at radius 1 is 1.10 bits per heavy atom. The second kappa shape index (κ2) is 18.1. The summed E-state index contributed by atoms with van der Waals surface area (Å²) >= 11 is 5.98. The minimum atomic E-state index is -0.902. The fraction of sp³-hybridized carbons (Fsp3) is 0.607. The van der Waals surface area contributed by atoms with Crippen LogP contribution in [-0.4, -0.2) is 74.0 Å². The van der Waals surface area contributed by atoms with Crippen molar-refractivity contribution in [1.29, 1.82) is 0 Å². The summed E-state index contributed by atoms with van der Waals surface area (Å²) in [5.41, 5.74) is 0.711. The first-order chi connectivity index (χ1) is 19.2. The van der Waals surface area contributed by atoms with E-state index in [1.165, 1.54) is 4.90 Å². The topological polar surface area (TPSA) is 143 Å². The molecule has 11 nitrogen and oxygen atoms in total. The minimum Gasteiger partial charge on any atom is -0.450 e. The van der Waals surface area contributed by atoms with Gasteiger partial charge in [-0.3, -0.25) is 9.59 Å². The highest BCUT2D eigenvalue weighted by atomic mass is 35.5. The van der Waals surface area contributed by atoms with E-state index >= 15 is 0 Å². The Bertz CT molecular complexity index is 987. The van der Waals surface area contributed by atoms with Gasteiger partial charge in [-0.25, -0.2) is 9.59 Å². The van der Waals surface area contributed by atoms with Crippen molar-refractivity contribution in [3.63, 3.8) is 0 Å². The predicted octanol–water partition coefficient (Wildman–Crippen LogP) is 3.57. The summed E-state index contributed by atoms with van der Waals surface area (Å²) in [6.45, 7) is 2.42. The molecule has 2 rings (SSSR count). The average Bonchev–Trinajstić information content (AvgIpc) is 2.94. The lowest BCUT2D eigenvalue weighted by molar-refractivity contribution is -0.131. The molecule has 1 aromatic carbocycles. The molecule has 0 saturated heterocycles. The van der Waals surface area contributed by atoms with E-state index in [1.807, 2.05) is 0 Å². The first-order valence-corrected chi connectivity index (χ1v) is 14.2. The van der Waals surface area contributed by atoms with Crippen LogP contribution < -0.4 is 16.0 Å². The molecule has 4 amide bonds. The number of halogens is 1. The molecule has 40 heavy (non-hydrogen) atoms. The largest absolute Gasteiger partial charge is 0.450 e. The highest BCUT2D eigenvalue weighted by molar-refractivity contribution is 6.30. The van der Waals surface area contributed by atoms with Gasteiger partial charge in [-0.15, -0.1) is 0 Å². The zero-order valence-corrected chi connectivity index (χ0v) is 24.0. The number of hydrogen-bond acceptors (Lipinski definition) is 7. The molecule has 0 bridgehead atoms. The number of benzene rings is 1. The monoisotopic (exact) mass is 580 g/mol. The highest BCUT2D eigenvalue weighted by Crippen LogP contribution is 2.27. The zero-order valence-electron chi connectivity index (χ0n) is 23.3. The van der Waals surface area contributed by atoms with Gasteiger partial charge in [0, 0.05) is 31.6 Å². The van der Waals surface area contributed by atoms with E-state index in [2.05, 4.69) is 16.0 Å². The quantitative estimate of drug-likeness (QED) is 0.269. The molecule has 12 heteroatoms. The van der Waals surface area contributed by atoms with E-state index in [0.717, 1.165) is 32.1 Å². The molecule has 1 fully saturated rings. The van der Waals surface area contributed by atoms with Crippen LogP contribution in [0.5, 0.6) is 0 Å². The molecule has 1 saturated carbocycles. The molecule has 1 aliphatic rings. The average molecular weight is 581 g/mol. The molecule has 222 valence electrons. The maximum absolute atomic E-state index is 13.2. The number of aldehydes is 1. The number of hydrogen-bond donors (Lipinski definition) is 3. The molecule has 0 heterocycles. The van der Waals surface area contributed by atoms with Crippen molar-refractivity contribution in [3.05, 3.63) is 34.9 Å². The second-order valence-electron chi connectivity index (χ2n) is 9.90. The Morgan fingerprint density at radius 3 is 2.52 bits per heavy atom. The molecule has 0 radical (unpaired) electrons. The maximum Gasteiger partial charge on any atom is 0.408 e. The van der Waals surface area contributed by atoms with Crippen molar-refractivity contribution < 1.29 is 33.4 Å². The van der Waals surface area contributed by atoms with Crippen LogP contribution in [0.1, 0.15) is 63.9 Å². The van der Waals surface area contributed by atoms with Gasteiger partial charge in [0.25, 0.3) is 0 Å². The van der Waals surface area contributed by atoms with Gasteiger partial charge < -0.3 is 35.1 Å². The van der Waals surface area contributed by atoms with E-state index in [-0.39, 0.29) is 51.0 Å².